The van der Waals surface area contributed by atoms with E-state index in [1.807, 2.05) is 37.3 Å². The highest BCUT2D eigenvalue weighted by Gasteiger charge is 2.15. The zero-order chi connectivity index (χ0) is 22.8. The molecule has 9 heteroatoms. The molecule has 3 aromatic carbocycles. The topological polar surface area (TPSA) is 102 Å². The fraction of sp³-hybridized carbons (Fsp3) is 0.125. The second-order valence-corrected chi connectivity index (χ2v) is 8.45. The molecule has 0 spiro atoms. The van der Waals surface area contributed by atoms with Crippen molar-refractivity contribution >= 4 is 50.0 Å². The molecule has 0 atom stereocenters. The highest BCUT2D eigenvalue weighted by molar-refractivity contribution is 7.22. The number of aryl methyl sites for hydroxylation is 1. The first-order chi connectivity index (χ1) is 16.0. The number of amides is 3. The average Bonchev–Trinajstić information content (AvgIpc) is 3.22. The van der Waals surface area contributed by atoms with Crippen LogP contribution in [-0.2, 0) is 0 Å². The van der Waals surface area contributed by atoms with Crippen molar-refractivity contribution in [3.05, 3.63) is 71.8 Å². The molecule has 5 rings (SSSR count). The highest BCUT2D eigenvalue weighted by atomic mass is 32.1. The van der Waals surface area contributed by atoms with E-state index in [1.54, 1.807) is 30.3 Å². The van der Waals surface area contributed by atoms with Crippen molar-refractivity contribution in [2.24, 2.45) is 0 Å². The van der Waals surface area contributed by atoms with Crippen LogP contribution in [0.25, 0.3) is 10.2 Å². The van der Waals surface area contributed by atoms with Crippen LogP contribution in [0.2, 0.25) is 0 Å². The number of carbonyl (C=O) groups is 2. The quantitative estimate of drug-likeness (QED) is 0.385. The van der Waals surface area contributed by atoms with E-state index in [1.165, 1.54) is 11.3 Å². The first-order valence-electron chi connectivity index (χ1n) is 10.3. The molecule has 1 aromatic heterocycles. The van der Waals surface area contributed by atoms with Crippen molar-refractivity contribution in [2.75, 3.05) is 29.2 Å². The lowest BCUT2D eigenvalue weighted by Crippen LogP contribution is -2.20. The minimum absolute atomic E-state index is 0.218. The maximum absolute atomic E-state index is 12.5. The number of fused-ring (bicyclic) bond motifs is 2. The van der Waals surface area contributed by atoms with Crippen LogP contribution in [-0.4, -0.2) is 30.1 Å². The van der Waals surface area contributed by atoms with Gasteiger partial charge in [-0.15, -0.1) is 0 Å². The fourth-order valence-electron chi connectivity index (χ4n) is 3.50. The molecule has 0 bridgehead atoms. The molecule has 0 fully saturated rings. The van der Waals surface area contributed by atoms with Gasteiger partial charge in [-0.2, -0.15) is 0 Å². The maximum Gasteiger partial charge on any atom is 0.323 e. The lowest BCUT2D eigenvalue weighted by atomic mass is 10.2. The van der Waals surface area contributed by atoms with Gasteiger partial charge in [0.15, 0.2) is 16.6 Å². The largest absolute Gasteiger partial charge is 0.486 e. The van der Waals surface area contributed by atoms with Crippen LogP contribution in [0, 0.1) is 6.92 Å². The number of aromatic nitrogens is 1. The standard InChI is InChI=1S/C24H20N4O4S/c1-14-11-17(26-23(30)25-16-7-8-18-19(12-16)32-10-9-31-18)13-20-21(14)27-24(33-20)28-22(29)15-5-3-2-4-6-15/h2-8,11-13H,9-10H2,1H3,(H2,25,26,30)(H,27,28,29). The summed E-state index contributed by atoms with van der Waals surface area (Å²) in [4.78, 5) is 29.5. The Morgan fingerprint density at radius 2 is 1.64 bits per heavy atom. The van der Waals surface area contributed by atoms with Gasteiger partial charge >= 0.3 is 6.03 Å². The van der Waals surface area contributed by atoms with E-state index in [-0.39, 0.29) is 11.9 Å². The monoisotopic (exact) mass is 460 g/mol. The summed E-state index contributed by atoms with van der Waals surface area (Å²) in [6.45, 7) is 2.90. The Kier molecular flexibility index (Phi) is 5.54. The van der Waals surface area contributed by atoms with Crippen molar-refractivity contribution in [1.82, 2.24) is 4.98 Å². The lowest BCUT2D eigenvalue weighted by molar-refractivity contribution is 0.102. The molecule has 0 saturated carbocycles. The molecule has 3 amide bonds. The summed E-state index contributed by atoms with van der Waals surface area (Å²) in [6.07, 6.45) is 0. The third kappa shape index (κ3) is 4.58. The van der Waals surface area contributed by atoms with Gasteiger partial charge in [-0.3, -0.25) is 10.1 Å². The summed E-state index contributed by atoms with van der Waals surface area (Å²) in [5.74, 6) is 1.05. The zero-order valence-electron chi connectivity index (χ0n) is 17.7. The van der Waals surface area contributed by atoms with Gasteiger partial charge in [0.05, 0.1) is 10.2 Å². The van der Waals surface area contributed by atoms with Gasteiger partial charge in [0.25, 0.3) is 5.91 Å². The lowest BCUT2D eigenvalue weighted by Gasteiger charge is -2.19. The van der Waals surface area contributed by atoms with Crippen LogP contribution in [0.5, 0.6) is 11.5 Å². The Morgan fingerprint density at radius 1 is 0.879 bits per heavy atom. The number of nitrogens with one attached hydrogen (secondary N) is 3. The van der Waals surface area contributed by atoms with Crippen molar-refractivity contribution in [2.45, 2.75) is 6.92 Å². The Hall–Kier alpha value is -4.11. The van der Waals surface area contributed by atoms with E-state index in [2.05, 4.69) is 20.9 Å². The van der Waals surface area contributed by atoms with Crippen LogP contribution >= 0.6 is 11.3 Å². The summed E-state index contributed by atoms with van der Waals surface area (Å²) in [5.41, 5.74) is 3.45. The van der Waals surface area contributed by atoms with Crippen molar-refractivity contribution in [1.29, 1.82) is 0 Å². The van der Waals surface area contributed by atoms with E-state index >= 15 is 0 Å². The summed E-state index contributed by atoms with van der Waals surface area (Å²) in [7, 11) is 0. The summed E-state index contributed by atoms with van der Waals surface area (Å²) in [5, 5.41) is 8.99. The third-order valence-electron chi connectivity index (χ3n) is 5.00. The predicted molar refractivity (Wildman–Crippen MR) is 129 cm³/mol. The number of rotatable bonds is 4. The second-order valence-electron chi connectivity index (χ2n) is 7.42. The number of urea groups is 1. The average molecular weight is 461 g/mol. The smallest absolute Gasteiger partial charge is 0.323 e. The number of thiazole rings is 1. The van der Waals surface area contributed by atoms with E-state index in [9.17, 15) is 9.59 Å². The first kappa shape index (κ1) is 20.8. The molecule has 0 aliphatic carbocycles. The molecule has 166 valence electrons. The van der Waals surface area contributed by atoms with Gasteiger partial charge in [-0.25, -0.2) is 9.78 Å². The Balaban J connectivity index is 1.29. The Morgan fingerprint density at radius 3 is 2.45 bits per heavy atom. The molecule has 1 aliphatic heterocycles. The molecule has 33 heavy (non-hydrogen) atoms. The fourth-order valence-corrected chi connectivity index (χ4v) is 4.47. The molecule has 2 heterocycles. The van der Waals surface area contributed by atoms with Crippen molar-refractivity contribution in [3.63, 3.8) is 0 Å². The maximum atomic E-state index is 12.5. The van der Waals surface area contributed by atoms with Gasteiger partial charge in [0.2, 0.25) is 0 Å². The second kappa shape index (κ2) is 8.79. The van der Waals surface area contributed by atoms with E-state index < -0.39 is 0 Å². The van der Waals surface area contributed by atoms with Crippen LogP contribution in [0.4, 0.5) is 21.3 Å². The van der Waals surface area contributed by atoms with Gasteiger partial charge in [-0.1, -0.05) is 29.5 Å². The number of anilines is 3. The molecule has 0 saturated heterocycles. The Labute approximate surface area is 193 Å². The molecule has 4 aromatic rings. The van der Waals surface area contributed by atoms with Gasteiger partial charge in [0, 0.05) is 23.0 Å². The predicted octanol–water partition coefficient (Wildman–Crippen LogP) is 5.27. The molecular weight excluding hydrogens is 440 g/mol. The number of hydrogen-bond donors (Lipinski definition) is 3. The van der Waals surface area contributed by atoms with E-state index in [0.29, 0.717) is 46.8 Å². The summed E-state index contributed by atoms with van der Waals surface area (Å²) >= 11 is 1.35. The number of hydrogen-bond acceptors (Lipinski definition) is 6. The van der Waals surface area contributed by atoms with Gasteiger partial charge in [-0.05, 0) is 48.9 Å². The molecule has 3 N–H and O–H groups in total. The number of nitrogens with zero attached hydrogens (tertiary/aromatic N) is 1. The third-order valence-corrected chi connectivity index (χ3v) is 5.92. The molecular formula is C24H20N4O4S. The number of ether oxygens (including phenoxy) is 2. The molecule has 0 unspecified atom stereocenters. The molecule has 8 nitrogen and oxygen atoms in total. The van der Waals surface area contributed by atoms with E-state index in [0.717, 1.165) is 15.8 Å². The number of benzene rings is 3. The van der Waals surface area contributed by atoms with Crippen LogP contribution < -0.4 is 25.4 Å². The van der Waals surface area contributed by atoms with Crippen LogP contribution in [0.3, 0.4) is 0 Å². The summed E-state index contributed by atoms with van der Waals surface area (Å²) in [6, 6.07) is 17.5. The highest BCUT2D eigenvalue weighted by Crippen LogP contribution is 2.33. The zero-order valence-corrected chi connectivity index (χ0v) is 18.5. The van der Waals surface area contributed by atoms with Gasteiger partial charge in [0.1, 0.15) is 13.2 Å². The van der Waals surface area contributed by atoms with Crippen LogP contribution in [0.15, 0.2) is 60.7 Å². The normalized spacial score (nSPS) is 12.3. The summed E-state index contributed by atoms with van der Waals surface area (Å²) < 4.78 is 11.9. The molecule has 0 radical (unpaired) electrons. The molecule has 1 aliphatic rings. The number of carbonyl (C=O) groups excluding carboxylic acids is 2. The Bertz CT molecular complexity index is 1350. The first-order valence-corrected chi connectivity index (χ1v) is 11.1. The minimum atomic E-state index is -0.382. The van der Waals surface area contributed by atoms with Crippen LogP contribution in [0.1, 0.15) is 15.9 Å². The van der Waals surface area contributed by atoms with Crippen molar-refractivity contribution in [3.8, 4) is 11.5 Å². The van der Waals surface area contributed by atoms with Crippen molar-refractivity contribution < 1.29 is 19.1 Å². The van der Waals surface area contributed by atoms with Gasteiger partial charge < -0.3 is 20.1 Å². The van der Waals surface area contributed by atoms with E-state index in [4.69, 9.17) is 9.47 Å². The SMILES string of the molecule is Cc1cc(NC(=O)Nc2ccc3c(c2)OCCO3)cc2sc(NC(=O)c3ccccc3)nc12. The minimum Gasteiger partial charge on any atom is -0.486 e.